The van der Waals surface area contributed by atoms with Gasteiger partial charge in [-0.15, -0.1) is 0 Å². The molecule has 0 aliphatic carbocycles. The van der Waals surface area contributed by atoms with Crippen LogP contribution in [0.15, 0.2) is 61.6 Å². The molecule has 10 heteroatoms. The highest BCUT2D eigenvalue weighted by molar-refractivity contribution is 6.16. The molecule has 4 heterocycles. The fraction of sp³-hybridized carbons (Fsp3) is 0.167. The fourth-order valence-corrected chi connectivity index (χ4v) is 3.87. The molecule has 0 unspecified atom stereocenters. The average Bonchev–Trinajstić information content (AvgIpc) is 3.40. The quantitative estimate of drug-likeness (QED) is 0.389. The normalized spacial score (nSPS) is 11.4. The molecule has 1 N–H and O–H groups in total. The van der Waals surface area contributed by atoms with Crippen molar-refractivity contribution in [3.63, 3.8) is 0 Å². The molecule has 1 aromatic carbocycles. The molecule has 1 amide bonds. The maximum atomic E-state index is 13.4. The van der Waals surface area contributed by atoms with Crippen molar-refractivity contribution in [1.29, 1.82) is 0 Å². The van der Waals surface area contributed by atoms with E-state index in [0.717, 1.165) is 0 Å². The van der Waals surface area contributed by atoms with Crippen molar-refractivity contribution in [3.8, 4) is 0 Å². The Hall–Kier alpha value is -4.47. The summed E-state index contributed by atoms with van der Waals surface area (Å²) in [5.74, 6) is -0.972. The number of aromatic nitrogens is 6. The predicted octanol–water partition coefficient (Wildman–Crippen LogP) is 3.77. The van der Waals surface area contributed by atoms with E-state index in [4.69, 9.17) is 0 Å². The number of halogens is 1. The van der Waals surface area contributed by atoms with Gasteiger partial charge in [0.1, 0.15) is 24.3 Å². The lowest BCUT2D eigenvalue weighted by Crippen LogP contribution is -2.19. The molecule has 34 heavy (non-hydrogen) atoms. The van der Waals surface area contributed by atoms with Gasteiger partial charge in [-0.25, -0.2) is 14.4 Å². The summed E-state index contributed by atoms with van der Waals surface area (Å²) in [6.45, 7) is 3.94. The number of rotatable bonds is 6. The van der Waals surface area contributed by atoms with E-state index >= 15 is 0 Å². The van der Waals surface area contributed by atoms with Gasteiger partial charge in [-0.3, -0.25) is 19.3 Å². The number of nitrogens with zero attached hydrogens (tertiary/aromatic N) is 6. The van der Waals surface area contributed by atoms with E-state index in [1.54, 1.807) is 24.5 Å². The van der Waals surface area contributed by atoms with Crippen LogP contribution in [0.25, 0.3) is 21.9 Å². The molecule has 0 radical (unpaired) electrons. The number of pyridine rings is 1. The molecule has 0 aliphatic rings. The van der Waals surface area contributed by atoms with Crippen molar-refractivity contribution in [2.75, 3.05) is 5.32 Å². The molecule has 0 bridgehead atoms. The highest BCUT2D eigenvalue weighted by atomic mass is 19.1. The minimum absolute atomic E-state index is 0.0769. The number of fused-ring (bicyclic) bond motifs is 2. The SMILES string of the molecule is CC(C)n1cc(C(=O)c2cncc(NC(=O)Cn3ncc4cc(F)ccc43)c2)c2cncnc21. The molecule has 9 nitrogen and oxygen atoms in total. The van der Waals surface area contributed by atoms with Gasteiger partial charge in [-0.2, -0.15) is 5.10 Å². The molecular formula is C24H20FN7O2. The van der Waals surface area contributed by atoms with Crippen molar-refractivity contribution in [1.82, 2.24) is 29.3 Å². The number of amides is 1. The summed E-state index contributed by atoms with van der Waals surface area (Å²) >= 11 is 0. The standard InChI is InChI=1S/C24H20FN7O2/c1-14(2)31-11-20(19-10-27-13-28-24(19)31)23(34)16-6-18(9-26-7-16)30-22(33)12-32-21-4-3-17(25)5-15(21)8-29-32/h3-11,13-14H,12H2,1-2H3,(H,30,33). The number of hydrogen-bond acceptors (Lipinski definition) is 6. The molecule has 0 fully saturated rings. The van der Waals surface area contributed by atoms with Crippen molar-refractivity contribution >= 4 is 39.3 Å². The number of hydrogen-bond donors (Lipinski definition) is 1. The number of carbonyl (C=O) groups excluding carboxylic acids is 2. The van der Waals surface area contributed by atoms with Crippen molar-refractivity contribution in [2.24, 2.45) is 0 Å². The Morgan fingerprint density at radius 3 is 2.76 bits per heavy atom. The van der Waals surface area contributed by atoms with E-state index < -0.39 is 0 Å². The predicted molar refractivity (Wildman–Crippen MR) is 124 cm³/mol. The van der Waals surface area contributed by atoms with Crippen LogP contribution in [0.5, 0.6) is 0 Å². The van der Waals surface area contributed by atoms with Crippen LogP contribution in [0.3, 0.4) is 0 Å². The third-order valence-electron chi connectivity index (χ3n) is 5.48. The number of carbonyl (C=O) groups is 2. The number of anilines is 1. The lowest BCUT2D eigenvalue weighted by molar-refractivity contribution is -0.116. The van der Waals surface area contributed by atoms with Crippen molar-refractivity contribution in [3.05, 3.63) is 78.5 Å². The van der Waals surface area contributed by atoms with Gasteiger partial charge in [0.2, 0.25) is 5.91 Å². The van der Waals surface area contributed by atoms with Crippen LogP contribution < -0.4 is 5.32 Å². The number of nitrogens with one attached hydrogen (secondary N) is 1. The minimum atomic E-state index is -0.368. The van der Waals surface area contributed by atoms with Gasteiger partial charge in [-0.05, 0) is 38.1 Å². The zero-order chi connectivity index (χ0) is 23.8. The minimum Gasteiger partial charge on any atom is -0.329 e. The summed E-state index contributed by atoms with van der Waals surface area (Å²) in [4.78, 5) is 38.4. The Labute approximate surface area is 193 Å². The lowest BCUT2D eigenvalue weighted by atomic mass is 10.1. The summed E-state index contributed by atoms with van der Waals surface area (Å²) in [5.41, 5.74) is 2.48. The Kier molecular flexibility index (Phi) is 5.33. The molecule has 0 aliphatic heterocycles. The first-order valence-corrected chi connectivity index (χ1v) is 10.6. The Bertz CT molecular complexity index is 1550. The first-order chi connectivity index (χ1) is 16.4. The molecule has 5 aromatic rings. The lowest BCUT2D eigenvalue weighted by Gasteiger charge is -2.08. The van der Waals surface area contributed by atoms with Crippen LogP contribution >= 0.6 is 0 Å². The maximum absolute atomic E-state index is 13.4. The third-order valence-corrected chi connectivity index (χ3v) is 5.48. The summed E-state index contributed by atoms with van der Waals surface area (Å²) in [6.07, 6.45) is 9.26. The summed E-state index contributed by atoms with van der Waals surface area (Å²) < 4.78 is 16.8. The molecule has 0 saturated heterocycles. The van der Waals surface area contributed by atoms with Crippen molar-refractivity contribution in [2.45, 2.75) is 26.4 Å². The van der Waals surface area contributed by atoms with E-state index in [1.807, 2.05) is 18.4 Å². The van der Waals surface area contributed by atoms with E-state index in [-0.39, 0.29) is 30.1 Å². The molecule has 0 atom stereocenters. The van der Waals surface area contributed by atoms with Gasteiger partial charge >= 0.3 is 0 Å². The summed E-state index contributed by atoms with van der Waals surface area (Å²) in [6, 6.07) is 5.93. The maximum Gasteiger partial charge on any atom is 0.246 e. The van der Waals surface area contributed by atoms with Crippen molar-refractivity contribution < 1.29 is 14.0 Å². The van der Waals surface area contributed by atoms with Gasteiger partial charge in [-0.1, -0.05) is 0 Å². The molecule has 4 aromatic heterocycles. The molecule has 5 rings (SSSR count). The van der Waals surface area contributed by atoms with Crippen LogP contribution in [0, 0.1) is 5.82 Å². The van der Waals surface area contributed by atoms with Gasteiger partial charge in [0.15, 0.2) is 5.78 Å². The first kappa shape index (κ1) is 21.4. The highest BCUT2D eigenvalue weighted by Crippen LogP contribution is 2.25. The van der Waals surface area contributed by atoms with Crippen LogP contribution in [-0.2, 0) is 11.3 Å². The Morgan fingerprint density at radius 1 is 1.09 bits per heavy atom. The molecular weight excluding hydrogens is 437 g/mol. The van der Waals surface area contributed by atoms with Gasteiger partial charge < -0.3 is 9.88 Å². The zero-order valence-electron chi connectivity index (χ0n) is 18.4. The van der Waals surface area contributed by atoms with Crippen LogP contribution in [0.1, 0.15) is 35.8 Å². The zero-order valence-corrected chi connectivity index (χ0v) is 18.4. The van der Waals surface area contributed by atoms with Gasteiger partial charge in [0.05, 0.1) is 29.2 Å². The Morgan fingerprint density at radius 2 is 1.94 bits per heavy atom. The summed E-state index contributed by atoms with van der Waals surface area (Å²) in [5, 5.41) is 8.15. The third kappa shape index (κ3) is 3.90. The average molecular weight is 457 g/mol. The Balaban J connectivity index is 1.38. The molecule has 0 saturated carbocycles. The van der Waals surface area contributed by atoms with Crippen LogP contribution in [-0.4, -0.2) is 41.0 Å². The topological polar surface area (TPSA) is 108 Å². The van der Waals surface area contributed by atoms with E-state index in [0.29, 0.717) is 38.8 Å². The second-order valence-corrected chi connectivity index (χ2v) is 8.15. The fourth-order valence-electron chi connectivity index (χ4n) is 3.87. The van der Waals surface area contributed by atoms with E-state index in [9.17, 15) is 14.0 Å². The first-order valence-electron chi connectivity index (χ1n) is 10.6. The number of ketones is 1. The summed E-state index contributed by atoms with van der Waals surface area (Å²) in [7, 11) is 0. The molecule has 170 valence electrons. The molecule has 0 spiro atoms. The monoisotopic (exact) mass is 457 g/mol. The van der Waals surface area contributed by atoms with E-state index in [2.05, 4.69) is 25.4 Å². The second kappa shape index (κ2) is 8.47. The van der Waals surface area contributed by atoms with Gasteiger partial charge in [0, 0.05) is 41.0 Å². The smallest absolute Gasteiger partial charge is 0.246 e. The van der Waals surface area contributed by atoms with E-state index in [1.165, 1.54) is 41.7 Å². The van der Waals surface area contributed by atoms with Crippen LogP contribution in [0.4, 0.5) is 10.1 Å². The van der Waals surface area contributed by atoms with Crippen LogP contribution in [0.2, 0.25) is 0 Å². The van der Waals surface area contributed by atoms with Gasteiger partial charge in [0.25, 0.3) is 0 Å². The highest BCUT2D eigenvalue weighted by Gasteiger charge is 2.20. The number of benzene rings is 1. The second-order valence-electron chi connectivity index (χ2n) is 8.15. The largest absolute Gasteiger partial charge is 0.329 e.